The van der Waals surface area contributed by atoms with Crippen LogP contribution >= 0.6 is 0 Å². The van der Waals surface area contributed by atoms with Gasteiger partial charge in [0.15, 0.2) is 11.6 Å². The summed E-state index contributed by atoms with van der Waals surface area (Å²) < 4.78 is 6.32. The lowest BCUT2D eigenvalue weighted by Gasteiger charge is -2.10. The monoisotopic (exact) mass is 622 g/mol. The van der Waals surface area contributed by atoms with Crippen LogP contribution in [0.25, 0.3) is 78.1 Å². The van der Waals surface area contributed by atoms with Gasteiger partial charge >= 0.3 is 0 Å². The zero-order chi connectivity index (χ0) is 33.0. The van der Waals surface area contributed by atoms with Gasteiger partial charge in [0.25, 0.3) is 0 Å². The molecule has 3 aromatic heterocycles. The third kappa shape index (κ3) is 5.90. The first-order valence-electron chi connectivity index (χ1n) is 16.0. The first-order valence-corrected chi connectivity index (χ1v) is 16.0. The molecule has 0 radical (unpaired) electrons. The molecule has 7 aromatic rings. The summed E-state index contributed by atoms with van der Waals surface area (Å²) in [5.41, 5.74) is 10.8. The van der Waals surface area contributed by atoms with Gasteiger partial charge in [0.05, 0.1) is 22.8 Å². The highest BCUT2D eigenvalue weighted by Crippen LogP contribution is 2.36. The summed E-state index contributed by atoms with van der Waals surface area (Å²) in [6.07, 6.45) is 9.86. The topological polar surface area (TPSA) is 64.7 Å². The standard InChI is InChI=1S/C43H34N4O/c1-5-15-29(8-4)43-45-37(31-18-13-10-14-19-31)27-39(47-43)33-21-23-41-35(25-33)34-24-32(20-22-40(34)48-41)38-26-36(30-16-11-9-12-17-30)44-42(46-38)28(6-2)7-3/h5-27H,2H2,1,3-4H3. The molecule has 0 spiro atoms. The van der Waals surface area contributed by atoms with Crippen LogP contribution in [0, 0.1) is 0 Å². The zero-order valence-corrected chi connectivity index (χ0v) is 27.2. The molecule has 232 valence electrons. The van der Waals surface area contributed by atoms with Crippen LogP contribution in [0.2, 0.25) is 0 Å². The number of allylic oxidation sites excluding steroid dienone is 7. The molecule has 0 atom stereocenters. The maximum absolute atomic E-state index is 6.32. The molecule has 0 amide bonds. The molecule has 0 N–H and O–H groups in total. The second kappa shape index (κ2) is 13.3. The lowest BCUT2D eigenvalue weighted by atomic mass is 10.0. The Morgan fingerprint density at radius 1 is 0.521 bits per heavy atom. The summed E-state index contributed by atoms with van der Waals surface area (Å²) in [6, 6.07) is 37.0. The van der Waals surface area contributed by atoms with E-state index >= 15 is 0 Å². The van der Waals surface area contributed by atoms with Crippen LogP contribution in [0.15, 0.2) is 151 Å². The molecular formula is C43H34N4O. The van der Waals surface area contributed by atoms with Gasteiger partial charge in [0.2, 0.25) is 0 Å². The fraction of sp³-hybridized carbons (Fsp3) is 0.0698. The molecule has 0 aliphatic carbocycles. The molecule has 3 heterocycles. The van der Waals surface area contributed by atoms with Gasteiger partial charge < -0.3 is 4.42 Å². The number of nitrogens with zero attached hydrogens (tertiary/aromatic N) is 4. The number of fused-ring (bicyclic) bond motifs is 3. The third-order valence-corrected chi connectivity index (χ3v) is 8.36. The number of aromatic nitrogens is 4. The van der Waals surface area contributed by atoms with E-state index in [0.717, 1.165) is 78.1 Å². The quantitative estimate of drug-likeness (QED) is 0.158. The largest absolute Gasteiger partial charge is 0.456 e. The van der Waals surface area contributed by atoms with Crippen molar-refractivity contribution in [1.29, 1.82) is 0 Å². The van der Waals surface area contributed by atoms with E-state index in [-0.39, 0.29) is 0 Å². The number of rotatable bonds is 8. The van der Waals surface area contributed by atoms with Gasteiger partial charge in [-0.25, -0.2) is 19.9 Å². The minimum Gasteiger partial charge on any atom is -0.456 e. The van der Waals surface area contributed by atoms with Gasteiger partial charge in [-0.05, 0) is 69.3 Å². The van der Waals surface area contributed by atoms with Crippen molar-refractivity contribution < 1.29 is 4.42 Å². The number of hydrogen-bond donors (Lipinski definition) is 0. The summed E-state index contributed by atoms with van der Waals surface area (Å²) in [7, 11) is 0. The van der Waals surface area contributed by atoms with Gasteiger partial charge in [-0.15, -0.1) is 0 Å². The summed E-state index contributed by atoms with van der Waals surface area (Å²) >= 11 is 0. The highest BCUT2D eigenvalue weighted by Gasteiger charge is 2.16. The van der Waals surface area contributed by atoms with Gasteiger partial charge in [0.1, 0.15) is 11.2 Å². The molecule has 4 aromatic carbocycles. The van der Waals surface area contributed by atoms with E-state index < -0.39 is 0 Å². The van der Waals surface area contributed by atoms with Crippen molar-refractivity contribution in [3.05, 3.63) is 158 Å². The van der Waals surface area contributed by atoms with Crippen molar-refractivity contribution in [2.45, 2.75) is 20.8 Å². The van der Waals surface area contributed by atoms with Crippen molar-refractivity contribution in [3.8, 4) is 45.0 Å². The molecule has 0 saturated carbocycles. The fourth-order valence-corrected chi connectivity index (χ4v) is 5.88. The molecule has 0 saturated heterocycles. The Kier molecular flexibility index (Phi) is 8.42. The van der Waals surface area contributed by atoms with E-state index in [2.05, 4.69) is 61.2 Å². The Morgan fingerprint density at radius 2 is 0.958 bits per heavy atom. The summed E-state index contributed by atoms with van der Waals surface area (Å²) in [5.74, 6) is 1.32. The minimum atomic E-state index is 0.635. The average Bonchev–Trinajstić information content (AvgIpc) is 3.52. The van der Waals surface area contributed by atoms with Crippen molar-refractivity contribution in [2.24, 2.45) is 0 Å². The summed E-state index contributed by atoms with van der Waals surface area (Å²) in [6.45, 7) is 9.97. The molecule has 0 aliphatic rings. The van der Waals surface area contributed by atoms with E-state index in [1.54, 1.807) is 6.08 Å². The molecule has 0 bridgehead atoms. The smallest absolute Gasteiger partial charge is 0.160 e. The molecule has 7 rings (SSSR count). The van der Waals surface area contributed by atoms with Crippen LogP contribution in [-0.2, 0) is 0 Å². The Morgan fingerprint density at radius 3 is 1.38 bits per heavy atom. The van der Waals surface area contributed by atoms with Crippen LogP contribution in [0.4, 0.5) is 0 Å². The van der Waals surface area contributed by atoms with Gasteiger partial charge in [-0.1, -0.05) is 97.6 Å². The fourth-order valence-electron chi connectivity index (χ4n) is 5.88. The van der Waals surface area contributed by atoms with Gasteiger partial charge in [0, 0.05) is 44.2 Å². The van der Waals surface area contributed by atoms with Crippen LogP contribution in [0.3, 0.4) is 0 Å². The SMILES string of the molecule is C=CC(=CC)c1nc(-c2ccccc2)cc(-c2ccc3oc4ccc(-c5cc(-c6ccccc6)nc(C(C=CC)=CC)n5)cc4c3c2)n1. The Bertz CT molecular complexity index is 2380. The number of furan rings is 1. The van der Waals surface area contributed by atoms with Crippen LogP contribution in [-0.4, -0.2) is 19.9 Å². The lowest BCUT2D eigenvalue weighted by Crippen LogP contribution is -1.98. The first-order chi connectivity index (χ1) is 23.6. The maximum atomic E-state index is 6.32. The van der Waals surface area contributed by atoms with E-state index in [1.807, 2.05) is 99.7 Å². The van der Waals surface area contributed by atoms with E-state index in [9.17, 15) is 0 Å². The molecule has 48 heavy (non-hydrogen) atoms. The molecule has 5 nitrogen and oxygen atoms in total. The number of hydrogen-bond acceptors (Lipinski definition) is 5. The predicted molar refractivity (Wildman–Crippen MR) is 199 cm³/mol. The molecule has 5 heteroatoms. The van der Waals surface area contributed by atoms with Crippen LogP contribution in [0.5, 0.6) is 0 Å². The van der Waals surface area contributed by atoms with Gasteiger partial charge in [-0.3, -0.25) is 0 Å². The zero-order valence-electron chi connectivity index (χ0n) is 27.2. The van der Waals surface area contributed by atoms with Crippen molar-refractivity contribution in [1.82, 2.24) is 19.9 Å². The third-order valence-electron chi connectivity index (χ3n) is 8.36. The van der Waals surface area contributed by atoms with Crippen molar-refractivity contribution >= 4 is 33.1 Å². The Hall–Kier alpha value is -6.20. The van der Waals surface area contributed by atoms with Gasteiger partial charge in [-0.2, -0.15) is 0 Å². The van der Waals surface area contributed by atoms with E-state index in [1.165, 1.54) is 0 Å². The molecule has 0 fully saturated rings. The minimum absolute atomic E-state index is 0.635. The van der Waals surface area contributed by atoms with E-state index in [0.29, 0.717) is 11.6 Å². The Balaban J connectivity index is 1.38. The van der Waals surface area contributed by atoms with E-state index in [4.69, 9.17) is 24.4 Å². The summed E-state index contributed by atoms with van der Waals surface area (Å²) in [5, 5.41) is 2.00. The molecule has 0 unspecified atom stereocenters. The second-order valence-corrected chi connectivity index (χ2v) is 11.4. The first kappa shape index (κ1) is 30.5. The van der Waals surface area contributed by atoms with Crippen LogP contribution in [0.1, 0.15) is 32.4 Å². The normalized spacial score (nSPS) is 12.3. The average molecular weight is 623 g/mol. The lowest BCUT2D eigenvalue weighted by molar-refractivity contribution is 0.669. The molecular weight excluding hydrogens is 589 g/mol. The number of benzene rings is 4. The second-order valence-electron chi connectivity index (χ2n) is 11.4. The highest BCUT2D eigenvalue weighted by molar-refractivity contribution is 6.07. The Labute approximate surface area is 280 Å². The van der Waals surface area contributed by atoms with Crippen molar-refractivity contribution in [3.63, 3.8) is 0 Å². The summed E-state index contributed by atoms with van der Waals surface area (Å²) in [4.78, 5) is 19.9. The van der Waals surface area contributed by atoms with Crippen LogP contribution < -0.4 is 0 Å². The maximum Gasteiger partial charge on any atom is 0.160 e. The molecule has 0 aliphatic heterocycles. The predicted octanol–water partition coefficient (Wildman–Crippen LogP) is 11.4. The highest BCUT2D eigenvalue weighted by atomic mass is 16.3. The van der Waals surface area contributed by atoms with Crippen molar-refractivity contribution in [2.75, 3.05) is 0 Å².